The van der Waals surface area contributed by atoms with E-state index in [1.54, 1.807) is 0 Å². The van der Waals surface area contributed by atoms with E-state index in [2.05, 4.69) is 48.6 Å². The van der Waals surface area contributed by atoms with E-state index in [0.717, 1.165) is 0 Å². The van der Waals surface area contributed by atoms with E-state index in [4.69, 9.17) is 0 Å². The summed E-state index contributed by atoms with van der Waals surface area (Å²) in [7, 11) is 0. The van der Waals surface area contributed by atoms with Gasteiger partial charge in [-0.25, -0.2) is 0 Å². The summed E-state index contributed by atoms with van der Waals surface area (Å²) in [5, 5.41) is 0. The highest BCUT2D eigenvalue weighted by atomic mass is 14.5. The number of hydrogen-bond acceptors (Lipinski definition) is 0. The molecule has 3 aliphatic carbocycles. The van der Waals surface area contributed by atoms with Crippen LogP contribution in [0.4, 0.5) is 0 Å². The van der Waals surface area contributed by atoms with Crippen molar-refractivity contribution >= 4 is 0 Å². The van der Waals surface area contributed by atoms with Crippen LogP contribution in [0.1, 0.15) is 6.42 Å². The summed E-state index contributed by atoms with van der Waals surface area (Å²) < 4.78 is 0. The van der Waals surface area contributed by atoms with Crippen LogP contribution in [0, 0.1) is 10.8 Å². The second-order valence-electron chi connectivity index (χ2n) is 3.63. The van der Waals surface area contributed by atoms with Crippen LogP contribution in [-0.2, 0) is 0 Å². The smallest absolute Gasteiger partial charge is 0.0374 e. The van der Waals surface area contributed by atoms with Crippen molar-refractivity contribution < 1.29 is 0 Å². The fourth-order valence-electron chi connectivity index (χ4n) is 2.37. The van der Waals surface area contributed by atoms with E-state index < -0.39 is 0 Å². The van der Waals surface area contributed by atoms with Crippen molar-refractivity contribution in [2.75, 3.05) is 0 Å². The Morgan fingerprint density at radius 2 is 1.73 bits per heavy atom. The second-order valence-corrected chi connectivity index (χ2v) is 3.63. The van der Waals surface area contributed by atoms with Crippen LogP contribution >= 0.6 is 0 Å². The molecule has 0 saturated carbocycles. The molecule has 0 heteroatoms. The normalized spacial score (nSPS) is 48.7. The van der Waals surface area contributed by atoms with Crippen LogP contribution in [0.25, 0.3) is 0 Å². The first-order valence-electron chi connectivity index (χ1n) is 4.12. The molecule has 0 saturated heterocycles. The van der Waals surface area contributed by atoms with Crippen molar-refractivity contribution in [3.63, 3.8) is 0 Å². The molecule has 3 rings (SSSR count). The van der Waals surface area contributed by atoms with Gasteiger partial charge in [0.1, 0.15) is 0 Å². The van der Waals surface area contributed by atoms with Crippen LogP contribution in [0.3, 0.4) is 0 Å². The van der Waals surface area contributed by atoms with E-state index >= 15 is 0 Å². The van der Waals surface area contributed by atoms with Crippen molar-refractivity contribution in [1.82, 2.24) is 0 Å². The minimum Gasteiger partial charge on any atom is -0.0861 e. The van der Waals surface area contributed by atoms with Gasteiger partial charge in [-0.3, -0.25) is 0 Å². The molecule has 0 aromatic heterocycles. The number of allylic oxidation sites excluding steroid dienone is 8. The van der Waals surface area contributed by atoms with E-state index in [-0.39, 0.29) is 5.41 Å². The lowest BCUT2D eigenvalue weighted by Gasteiger charge is -2.47. The predicted octanol–water partition coefficient (Wildman–Crippen LogP) is 2.61. The van der Waals surface area contributed by atoms with Crippen molar-refractivity contribution in [2.45, 2.75) is 6.42 Å². The van der Waals surface area contributed by atoms with Crippen molar-refractivity contribution in [2.24, 2.45) is 10.8 Å². The van der Waals surface area contributed by atoms with Gasteiger partial charge in [-0.15, -0.1) is 0 Å². The lowest BCUT2D eigenvalue weighted by atomic mass is 9.56. The van der Waals surface area contributed by atoms with Gasteiger partial charge in [0.2, 0.25) is 0 Å². The zero-order valence-electron chi connectivity index (χ0n) is 6.33. The molecule has 2 atom stereocenters. The maximum atomic E-state index is 2.33. The van der Waals surface area contributed by atoms with Gasteiger partial charge in [0, 0.05) is 10.8 Å². The van der Waals surface area contributed by atoms with Gasteiger partial charge in [0.05, 0.1) is 0 Å². The molecule has 0 radical (unpaired) electrons. The molecule has 3 aliphatic rings. The Morgan fingerprint density at radius 3 is 2.45 bits per heavy atom. The van der Waals surface area contributed by atoms with Crippen LogP contribution < -0.4 is 0 Å². The molecule has 0 aromatic carbocycles. The van der Waals surface area contributed by atoms with Crippen molar-refractivity contribution in [3.05, 3.63) is 48.6 Å². The molecule has 0 aliphatic heterocycles. The highest BCUT2D eigenvalue weighted by molar-refractivity contribution is 5.50. The van der Waals surface area contributed by atoms with E-state index in [9.17, 15) is 0 Å². The standard InChI is InChI=1S/C11H10/c1-2-5-11-7-3-6-10(11,4-1)8-9-11/h1-6,8-9H,7H2. The molecule has 0 nitrogen and oxygen atoms in total. The summed E-state index contributed by atoms with van der Waals surface area (Å²) in [6.07, 6.45) is 19.4. The lowest BCUT2D eigenvalue weighted by molar-refractivity contribution is 0.302. The summed E-state index contributed by atoms with van der Waals surface area (Å²) in [6, 6.07) is 0. The molecule has 0 fully saturated rings. The molecule has 54 valence electrons. The summed E-state index contributed by atoms with van der Waals surface area (Å²) in [5.41, 5.74) is 0.628. The average molecular weight is 142 g/mol. The van der Waals surface area contributed by atoms with Crippen LogP contribution in [0.5, 0.6) is 0 Å². The highest BCUT2D eigenvalue weighted by Crippen LogP contribution is 2.60. The van der Waals surface area contributed by atoms with Gasteiger partial charge in [-0.2, -0.15) is 0 Å². The lowest BCUT2D eigenvalue weighted by Crippen LogP contribution is -2.39. The van der Waals surface area contributed by atoms with E-state index in [0.29, 0.717) is 5.41 Å². The van der Waals surface area contributed by atoms with Gasteiger partial charge in [0.15, 0.2) is 0 Å². The summed E-state index contributed by atoms with van der Waals surface area (Å²) in [6.45, 7) is 0. The summed E-state index contributed by atoms with van der Waals surface area (Å²) >= 11 is 0. The van der Waals surface area contributed by atoms with Crippen LogP contribution in [0.15, 0.2) is 48.6 Å². The van der Waals surface area contributed by atoms with Crippen molar-refractivity contribution in [3.8, 4) is 0 Å². The fourth-order valence-corrected chi connectivity index (χ4v) is 2.37. The molecule has 0 aromatic rings. The van der Waals surface area contributed by atoms with E-state index in [1.165, 1.54) is 6.42 Å². The monoisotopic (exact) mass is 142 g/mol. The maximum absolute atomic E-state index is 2.33. The third-order valence-electron chi connectivity index (χ3n) is 3.19. The second kappa shape index (κ2) is 1.42. The molecule has 0 amide bonds. The molecule has 0 spiro atoms. The molecule has 0 bridgehead atoms. The Labute approximate surface area is 66.6 Å². The Morgan fingerprint density at radius 1 is 0.818 bits per heavy atom. The van der Waals surface area contributed by atoms with Crippen molar-refractivity contribution in [1.29, 1.82) is 0 Å². The van der Waals surface area contributed by atoms with Crippen LogP contribution in [0.2, 0.25) is 0 Å². The maximum Gasteiger partial charge on any atom is 0.0374 e. The molecular formula is C11H10. The summed E-state index contributed by atoms with van der Waals surface area (Å²) in [5.74, 6) is 0. The summed E-state index contributed by atoms with van der Waals surface area (Å²) in [4.78, 5) is 0. The topological polar surface area (TPSA) is 0 Å². The molecule has 2 unspecified atom stereocenters. The minimum atomic E-state index is 0.280. The predicted molar refractivity (Wildman–Crippen MR) is 46.0 cm³/mol. The van der Waals surface area contributed by atoms with Gasteiger partial charge in [-0.1, -0.05) is 48.6 Å². The Bertz CT molecular complexity index is 317. The molecule has 0 heterocycles. The zero-order valence-corrected chi connectivity index (χ0v) is 6.33. The van der Waals surface area contributed by atoms with Crippen LogP contribution in [-0.4, -0.2) is 0 Å². The third kappa shape index (κ3) is 0.425. The van der Waals surface area contributed by atoms with E-state index in [1.807, 2.05) is 0 Å². The average Bonchev–Trinajstić information content (AvgIpc) is 2.29. The largest absolute Gasteiger partial charge is 0.0861 e. The first-order valence-corrected chi connectivity index (χ1v) is 4.12. The number of rotatable bonds is 0. The molecule has 0 N–H and O–H groups in total. The molecular weight excluding hydrogens is 132 g/mol. The first kappa shape index (κ1) is 5.59. The third-order valence-corrected chi connectivity index (χ3v) is 3.19. The van der Waals surface area contributed by atoms with Gasteiger partial charge in [0.25, 0.3) is 0 Å². The Kier molecular flexibility index (Phi) is 0.724. The Balaban J connectivity index is 2.26. The van der Waals surface area contributed by atoms with Gasteiger partial charge >= 0.3 is 0 Å². The zero-order chi connectivity index (χ0) is 7.36. The number of hydrogen-bond donors (Lipinski definition) is 0. The fraction of sp³-hybridized carbons (Fsp3) is 0.273. The minimum absolute atomic E-state index is 0.280. The van der Waals surface area contributed by atoms with Gasteiger partial charge < -0.3 is 0 Å². The highest BCUT2D eigenvalue weighted by Gasteiger charge is 2.51. The van der Waals surface area contributed by atoms with Gasteiger partial charge in [-0.05, 0) is 6.42 Å². The Hall–Kier alpha value is -1.04. The SMILES string of the molecule is C1=CC23C=CCC2(C=C1)C=C3. The first-order chi connectivity index (χ1) is 5.37. The quantitative estimate of drug-likeness (QED) is 0.456. The molecule has 11 heavy (non-hydrogen) atoms.